The van der Waals surface area contributed by atoms with Crippen LogP contribution in [0.4, 0.5) is 0 Å². The van der Waals surface area contributed by atoms with Crippen molar-refractivity contribution in [2.75, 3.05) is 0 Å². The highest BCUT2D eigenvalue weighted by atomic mass is 15.2. The lowest BCUT2D eigenvalue weighted by Crippen LogP contribution is -1.98. The maximum Gasteiger partial charge on any atom is 0.0573 e. The molecule has 0 aliphatic rings. The van der Waals surface area contributed by atoms with E-state index in [-0.39, 0.29) is 0 Å². The van der Waals surface area contributed by atoms with Crippen molar-refractivity contribution < 1.29 is 0 Å². The predicted octanol–water partition coefficient (Wildman–Crippen LogP) is 8.00. The van der Waals surface area contributed by atoms with Crippen molar-refractivity contribution in [1.29, 1.82) is 0 Å². The summed E-state index contributed by atoms with van der Waals surface area (Å²) in [5, 5.41) is 8.88. The zero-order chi connectivity index (χ0) is 21.6. The summed E-state index contributed by atoms with van der Waals surface area (Å²) in [4.78, 5) is 0. The summed E-state index contributed by atoms with van der Waals surface area (Å²) < 4.78 is 0. The van der Waals surface area contributed by atoms with Gasteiger partial charge in [-0.15, -0.1) is 0 Å². The van der Waals surface area contributed by atoms with Gasteiger partial charge in [0, 0.05) is 11.1 Å². The fourth-order valence-electron chi connectivity index (χ4n) is 3.95. The fourth-order valence-corrected chi connectivity index (χ4v) is 3.95. The first-order chi connectivity index (χ1) is 14.7. The Morgan fingerprint density at radius 1 is 0.600 bits per heavy atom. The molecular formula is C28H40N2. The molecule has 2 nitrogen and oxygen atoms in total. The molecule has 0 aliphatic heterocycles. The molecule has 2 rings (SSSR count). The maximum atomic E-state index is 4.44. The van der Waals surface area contributed by atoms with E-state index < -0.39 is 0 Å². The van der Waals surface area contributed by atoms with E-state index in [9.17, 15) is 0 Å². The second kappa shape index (κ2) is 13.9. The van der Waals surface area contributed by atoms with Crippen molar-refractivity contribution in [2.45, 2.75) is 91.9 Å². The average Bonchev–Trinajstić information content (AvgIpc) is 2.74. The van der Waals surface area contributed by atoms with E-state index in [0.29, 0.717) is 0 Å². The lowest BCUT2D eigenvalue weighted by molar-refractivity contribution is 0.666. The van der Waals surface area contributed by atoms with Gasteiger partial charge in [0.25, 0.3) is 0 Å². The lowest BCUT2D eigenvalue weighted by atomic mass is 9.98. The predicted molar refractivity (Wildman–Crippen MR) is 133 cm³/mol. The quantitative estimate of drug-likeness (QED) is 0.183. The zero-order valence-corrected chi connectivity index (χ0v) is 19.6. The van der Waals surface area contributed by atoms with Crippen molar-refractivity contribution in [2.24, 2.45) is 10.2 Å². The summed E-state index contributed by atoms with van der Waals surface area (Å²) in [6.07, 6.45) is 16.4. The second-order valence-corrected chi connectivity index (χ2v) is 8.41. The average molecular weight is 405 g/mol. The molecule has 0 heterocycles. The van der Waals surface area contributed by atoms with Crippen molar-refractivity contribution in [3.8, 4) is 0 Å². The molecule has 0 saturated carbocycles. The Hall–Kier alpha value is -2.22. The van der Waals surface area contributed by atoms with Gasteiger partial charge in [-0.1, -0.05) is 88.8 Å². The van der Waals surface area contributed by atoms with Crippen molar-refractivity contribution in [1.82, 2.24) is 0 Å². The Morgan fingerprint density at radius 3 is 1.43 bits per heavy atom. The van der Waals surface area contributed by atoms with Gasteiger partial charge in [-0.3, -0.25) is 0 Å². The fraction of sp³-hybridized carbons (Fsp3) is 0.500. The molecule has 0 N–H and O–H groups in total. The van der Waals surface area contributed by atoms with Crippen LogP contribution in [-0.2, 0) is 12.8 Å². The Kier molecular flexibility index (Phi) is 11.1. The van der Waals surface area contributed by atoms with Gasteiger partial charge >= 0.3 is 0 Å². The molecule has 0 atom stereocenters. The van der Waals surface area contributed by atoms with E-state index in [2.05, 4.69) is 74.3 Å². The number of rotatable bonds is 13. The van der Waals surface area contributed by atoms with Crippen LogP contribution in [0.1, 0.15) is 98.6 Å². The van der Waals surface area contributed by atoms with Crippen molar-refractivity contribution in [3.05, 3.63) is 69.8 Å². The molecule has 0 aliphatic carbocycles. The standard InChI is InChI=1S/C28H40N2/c1-5-7-9-11-17-25-19-13-15-23(3)27(25)21-29-30-22-28-24(4)16-14-20-26(28)18-12-10-8-6-2/h13-16,19-22H,5-12,17-18H2,1-4H3/b29-21+,30-22+. The van der Waals surface area contributed by atoms with Gasteiger partial charge < -0.3 is 0 Å². The number of hydrogen-bond donors (Lipinski definition) is 0. The van der Waals surface area contributed by atoms with Crippen LogP contribution in [-0.4, -0.2) is 12.4 Å². The molecule has 2 heteroatoms. The third-order valence-electron chi connectivity index (χ3n) is 5.87. The van der Waals surface area contributed by atoms with E-state index in [1.54, 1.807) is 0 Å². The minimum atomic E-state index is 1.12. The van der Waals surface area contributed by atoms with Gasteiger partial charge in [0.05, 0.1) is 12.4 Å². The van der Waals surface area contributed by atoms with Crippen LogP contribution in [0.15, 0.2) is 46.6 Å². The number of nitrogens with zero attached hydrogens (tertiary/aromatic N) is 2. The molecule has 0 radical (unpaired) electrons. The summed E-state index contributed by atoms with van der Waals surface area (Å²) >= 11 is 0. The SMILES string of the molecule is CCCCCCc1cccc(C)c1/C=N/N=C/c1c(C)cccc1CCCCCC. The van der Waals surface area contributed by atoms with E-state index in [4.69, 9.17) is 0 Å². The van der Waals surface area contributed by atoms with Crippen LogP contribution in [0.3, 0.4) is 0 Å². The van der Waals surface area contributed by atoms with Crippen LogP contribution in [0.5, 0.6) is 0 Å². The Labute approximate surface area is 184 Å². The molecule has 0 fully saturated rings. The highest BCUT2D eigenvalue weighted by Gasteiger charge is 2.05. The van der Waals surface area contributed by atoms with E-state index in [1.165, 1.54) is 84.7 Å². The Bertz CT molecular complexity index is 748. The molecule has 0 unspecified atom stereocenters. The molecule has 2 aromatic rings. The van der Waals surface area contributed by atoms with E-state index in [1.807, 2.05) is 12.4 Å². The van der Waals surface area contributed by atoms with E-state index >= 15 is 0 Å². The van der Waals surface area contributed by atoms with Crippen LogP contribution in [0.2, 0.25) is 0 Å². The molecule has 0 aromatic heterocycles. The molecule has 0 bridgehead atoms. The van der Waals surface area contributed by atoms with Crippen molar-refractivity contribution in [3.63, 3.8) is 0 Å². The first-order valence-electron chi connectivity index (χ1n) is 11.9. The molecule has 0 spiro atoms. The third-order valence-corrected chi connectivity index (χ3v) is 5.87. The monoisotopic (exact) mass is 404 g/mol. The van der Waals surface area contributed by atoms with Crippen LogP contribution in [0.25, 0.3) is 0 Å². The molecule has 30 heavy (non-hydrogen) atoms. The highest BCUT2D eigenvalue weighted by molar-refractivity contribution is 5.86. The lowest BCUT2D eigenvalue weighted by Gasteiger charge is -2.09. The Morgan fingerprint density at radius 2 is 1.03 bits per heavy atom. The topological polar surface area (TPSA) is 24.7 Å². The smallest absolute Gasteiger partial charge is 0.0573 e. The van der Waals surface area contributed by atoms with Gasteiger partial charge in [0.1, 0.15) is 0 Å². The largest absolute Gasteiger partial charge is 0.158 e. The second-order valence-electron chi connectivity index (χ2n) is 8.41. The summed E-state index contributed by atoms with van der Waals surface area (Å²) in [5.74, 6) is 0. The van der Waals surface area contributed by atoms with Crippen LogP contribution < -0.4 is 0 Å². The molecule has 162 valence electrons. The number of unbranched alkanes of at least 4 members (excludes halogenated alkanes) is 6. The Balaban J connectivity index is 2.08. The van der Waals surface area contributed by atoms with E-state index in [0.717, 1.165) is 12.8 Å². The van der Waals surface area contributed by atoms with Gasteiger partial charge in [0.15, 0.2) is 0 Å². The first-order valence-corrected chi connectivity index (χ1v) is 11.9. The molecular weight excluding hydrogens is 364 g/mol. The third kappa shape index (κ3) is 7.89. The zero-order valence-electron chi connectivity index (χ0n) is 19.6. The molecule has 2 aromatic carbocycles. The summed E-state index contributed by atoms with van der Waals surface area (Å²) in [6, 6.07) is 13.1. The highest BCUT2D eigenvalue weighted by Crippen LogP contribution is 2.17. The summed E-state index contributed by atoms with van der Waals surface area (Å²) in [7, 11) is 0. The number of aryl methyl sites for hydroxylation is 4. The number of benzene rings is 2. The number of hydrogen-bond acceptors (Lipinski definition) is 2. The maximum absolute atomic E-state index is 4.44. The molecule has 0 saturated heterocycles. The van der Waals surface area contributed by atoms with Gasteiger partial charge in [0.2, 0.25) is 0 Å². The van der Waals surface area contributed by atoms with Crippen LogP contribution in [0, 0.1) is 13.8 Å². The van der Waals surface area contributed by atoms with Gasteiger partial charge in [-0.25, -0.2) is 0 Å². The normalized spacial score (nSPS) is 11.7. The van der Waals surface area contributed by atoms with Crippen molar-refractivity contribution >= 4 is 12.4 Å². The van der Waals surface area contributed by atoms with Gasteiger partial charge in [-0.05, 0) is 61.8 Å². The minimum Gasteiger partial charge on any atom is -0.158 e. The minimum absolute atomic E-state index is 1.12. The van der Waals surface area contributed by atoms with Gasteiger partial charge in [-0.2, -0.15) is 10.2 Å². The molecule has 0 amide bonds. The van der Waals surface area contributed by atoms with Crippen LogP contribution >= 0.6 is 0 Å². The summed E-state index contributed by atoms with van der Waals surface area (Å²) in [6.45, 7) is 8.84. The first kappa shape index (κ1) is 24.1. The summed E-state index contributed by atoms with van der Waals surface area (Å²) in [5.41, 5.74) is 7.78.